The molecular weight excluding hydrogens is 394 g/mol. The van der Waals surface area contributed by atoms with Crippen LogP contribution in [-0.2, 0) is 10.2 Å². The quantitative estimate of drug-likeness (QED) is 0.447. The Labute approximate surface area is 194 Å². The van der Waals surface area contributed by atoms with Crippen molar-refractivity contribution in [1.82, 2.24) is 10.2 Å². The molecule has 2 aromatic carbocycles. The molecular formula is C28H41N3O. The maximum absolute atomic E-state index is 13.1. The molecule has 1 aliphatic rings. The van der Waals surface area contributed by atoms with Gasteiger partial charge in [0.2, 0.25) is 5.91 Å². The van der Waals surface area contributed by atoms with Crippen LogP contribution >= 0.6 is 0 Å². The van der Waals surface area contributed by atoms with Crippen molar-refractivity contribution in [3.8, 4) is 0 Å². The zero-order chi connectivity index (χ0) is 22.7. The molecule has 0 aliphatic carbocycles. The van der Waals surface area contributed by atoms with Gasteiger partial charge in [-0.3, -0.25) is 4.79 Å². The Morgan fingerprint density at radius 3 is 1.88 bits per heavy atom. The lowest BCUT2D eigenvalue weighted by molar-refractivity contribution is -0.124. The first-order chi connectivity index (χ1) is 15.7. The lowest BCUT2D eigenvalue weighted by atomic mass is 9.62. The van der Waals surface area contributed by atoms with E-state index in [0.717, 1.165) is 43.6 Å². The predicted molar refractivity (Wildman–Crippen MR) is 134 cm³/mol. The van der Waals surface area contributed by atoms with Gasteiger partial charge in [0.15, 0.2) is 0 Å². The second kappa shape index (κ2) is 12.8. The van der Waals surface area contributed by atoms with E-state index in [9.17, 15) is 4.79 Å². The van der Waals surface area contributed by atoms with Gasteiger partial charge < -0.3 is 16.0 Å². The molecule has 4 nitrogen and oxygen atoms in total. The van der Waals surface area contributed by atoms with Crippen molar-refractivity contribution >= 4 is 5.91 Å². The van der Waals surface area contributed by atoms with Gasteiger partial charge in [0, 0.05) is 0 Å². The smallest absolute Gasteiger partial charge is 0.232 e. The van der Waals surface area contributed by atoms with Crippen LogP contribution in [0.3, 0.4) is 0 Å². The minimum atomic E-state index is -0.762. The molecule has 3 N–H and O–H groups in total. The van der Waals surface area contributed by atoms with Crippen molar-refractivity contribution in [1.29, 1.82) is 0 Å². The first kappa shape index (κ1) is 24.5. The molecule has 1 fully saturated rings. The summed E-state index contributed by atoms with van der Waals surface area (Å²) in [6.07, 6.45) is 9.89. The number of hydrogen-bond acceptors (Lipinski definition) is 3. The first-order valence-corrected chi connectivity index (χ1v) is 12.5. The largest absolute Gasteiger partial charge is 0.369 e. The number of carbonyl (C=O) groups is 1. The molecule has 2 aromatic rings. The maximum Gasteiger partial charge on any atom is 0.232 e. The van der Waals surface area contributed by atoms with E-state index in [1.807, 2.05) is 43.4 Å². The maximum atomic E-state index is 13.1. The van der Waals surface area contributed by atoms with Gasteiger partial charge in [0.05, 0.1) is 0 Å². The fourth-order valence-corrected chi connectivity index (χ4v) is 5.46. The van der Waals surface area contributed by atoms with Crippen LogP contribution in [-0.4, -0.2) is 44.0 Å². The van der Waals surface area contributed by atoms with E-state index >= 15 is 0 Å². The number of piperidine rings is 1. The first-order valence-electron chi connectivity index (χ1n) is 12.5. The zero-order valence-electron chi connectivity index (χ0n) is 19.8. The van der Waals surface area contributed by atoms with E-state index in [1.54, 1.807) is 0 Å². The predicted octanol–water partition coefficient (Wildman–Crippen LogP) is 4.73. The summed E-state index contributed by atoms with van der Waals surface area (Å²) < 4.78 is 0. The average Bonchev–Trinajstić information content (AvgIpc) is 2.83. The van der Waals surface area contributed by atoms with E-state index in [4.69, 9.17) is 5.73 Å². The second-order valence-electron chi connectivity index (χ2n) is 9.25. The number of rotatable bonds is 13. The van der Waals surface area contributed by atoms with Crippen LogP contribution in [0, 0.1) is 5.92 Å². The minimum absolute atomic E-state index is 0.216. The highest BCUT2D eigenvalue weighted by molar-refractivity contribution is 5.91. The molecule has 0 bridgehead atoms. The van der Waals surface area contributed by atoms with Gasteiger partial charge in [-0.15, -0.1) is 0 Å². The molecule has 3 rings (SSSR count). The number of unbranched alkanes of at least 4 members (excludes halogenated alkanes) is 5. The van der Waals surface area contributed by atoms with Gasteiger partial charge in [-0.1, -0.05) is 86.3 Å². The van der Waals surface area contributed by atoms with Gasteiger partial charge in [-0.2, -0.15) is 0 Å². The minimum Gasteiger partial charge on any atom is -0.369 e. The van der Waals surface area contributed by atoms with Crippen molar-refractivity contribution in [3.05, 3.63) is 71.8 Å². The van der Waals surface area contributed by atoms with E-state index in [-0.39, 0.29) is 11.8 Å². The Kier molecular flexibility index (Phi) is 9.76. The van der Waals surface area contributed by atoms with Crippen molar-refractivity contribution in [2.24, 2.45) is 11.7 Å². The van der Waals surface area contributed by atoms with Gasteiger partial charge >= 0.3 is 0 Å². The molecule has 0 radical (unpaired) electrons. The van der Waals surface area contributed by atoms with E-state index in [2.05, 4.69) is 34.5 Å². The van der Waals surface area contributed by atoms with Crippen LogP contribution in [0.1, 0.15) is 62.5 Å². The monoisotopic (exact) mass is 435 g/mol. The van der Waals surface area contributed by atoms with E-state index in [1.165, 1.54) is 45.1 Å². The van der Waals surface area contributed by atoms with Crippen molar-refractivity contribution in [3.63, 3.8) is 0 Å². The number of hydrogen-bond donors (Lipinski definition) is 2. The Bertz CT molecular complexity index is 745. The Morgan fingerprint density at radius 2 is 1.38 bits per heavy atom. The molecule has 0 atom stereocenters. The molecule has 1 saturated heterocycles. The van der Waals surface area contributed by atoms with Crippen molar-refractivity contribution < 1.29 is 4.79 Å². The third-order valence-corrected chi connectivity index (χ3v) is 7.20. The molecule has 1 aliphatic heterocycles. The highest BCUT2D eigenvalue weighted by Gasteiger charge is 2.47. The number of nitrogens with two attached hydrogens (primary N) is 1. The number of carbonyl (C=O) groups excluding carboxylic acids is 1. The van der Waals surface area contributed by atoms with E-state index in [0.29, 0.717) is 0 Å². The number of nitrogens with one attached hydrogen (secondary N) is 1. The molecule has 1 heterocycles. The second-order valence-corrected chi connectivity index (χ2v) is 9.25. The third-order valence-electron chi connectivity index (χ3n) is 7.20. The molecule has 0 unspecified atom stereocenters. The van der Waals surface area contributed by atoms with Crippen LogP contribution in [0.5, 0.6) is 0 Å². The lowest BCUT2D eigenvalue weighted by Crippen LogP contribution is -2.51. The number of benzene rings is 2. The van der Waals surface area contributed by atoms with E-state index < -0.39 is 5.41 Å². The van der Waals surface area contributed by atoms with Gasteiger partial charge in [0.1, 0.15) is 5.41 Å². The van der Waals surface area contributed by atoms with Gasteiger partial charge in [-0.25, -0.2) is 0 Å². The summed E-state index contributed by atoms with van der Waals surface area (Å²) in [5.41, 5.74) is 7.49. The Balaban J connectivity index is 1.60. The molecule has 4 heteroatoms. The van der Waals surface area contributed by atoms with Crippen molar-refractivity contribution in [2.45, 2.75) is 56.8 Å². The standard InChI is InChI=1S/C28H41N3O/c1-30-20-12-4-2-3-5-13-21-31-22-18-26(19-23-31)28(27(29)32,24-14-8-6-9-15-24)25-16-10-7-11-17-25/h6-11,14-17,26,30H,2-5,12-13,18-23H2,1H3,(H2,29,32). The van der Waals surface area contributed by atoms with Crippen LogP contribution in [0.2, 0.25) is 0 Å². The molecule has 174 valence electrons. The number of amides is 1. The highest BCUT2D eigenvalue weighted by Crippen LogP contribution is 2.44. The summed E-state index contributed by atoms with van der Waals surface area (Å²) in [5, 5.41) is 3.22. The summed E-state index contributed by atoms with van der Waals surface area (Å²) in [7, 11) is 2.02. The topological polar surface area (TPSA) is 58.4 Å². The summed E-state index contributed by atoms with van der Waals surface area (Å²) in [4.78, 5) is 15.7. The fourth-order valence-electron chi connectivity index (χ4n) is 5.46. The molecule has 32 heavy (non-hydrogen) atoms. The van der Waals surface area contributed by atoms with Crippen LogP contribution in [0.25, 0.3) is 0 Å². The van der Waals surface area contributed by atoms with Crippen molar-refractivity contribution in [2.75, 3.05) is 33.2 Å². The SMILES string of the molecule is CNCCCCCCCCN1CCC(C(C(N)=O)(c2ccccc2)c2ccccc2)CC1. The van der Waals surface area contributed by atoms with Crippen LogP contribution < -0.4 is 11.1 Å². The zero-order valence-corrected chi connectivity index (χ0v) is 19.8. The summed E-state index contributed by atoms with van der Waals surface area (Å²) in [6, 6.07) is 20.4. The lowest BCUT2D eigenvalue weighted by Gasteiger charge is -2.43. The Morgan fingerprint density at radius 1 is 0.875 bits per heavy atom. The van der Waals surface area contributed by atoms with Crippen LogP contribution in [0.15, 0.2) is 60.7 Å². The summed E-state index contributed by atoms with van der Waals surface area (Å²) in [6.45, 7) is 4.39. The number of primary amides is 1. The molecule has 0 aromatic heterocycles. The third kappa shape index (κ3) is 5.99. The molecule has 1 amide bonds. The van der Waals surface area contributed by atoms with Crippen LogP contribution in [0.4, 0.5) is 0 Å². The summed E-state index contributed by atoms with van der Waals surface area (Å²) >= 11 is 0. The number of nitrogens with zero attached hydrogens (tertiary/aromatic N) is 1. The van der Waals surface area contributed by atoms with Gasteiger partial charge in [0.25, 0.3) is 0 Å². The average molecular weight is 436 g/mol. The molecule has 0 saturated carbocycles. The fraction of sp³-hybridized carbons (Fsp3) is 0.536. The van der Waals surface area contributed by atoms with Gasteiger partial charge in [-0.05, 0) is 76.0 Å². The summed E-state index contributed by atoms with van der Waals surface area (Å²) in [5.74, 6) is -0.0140. The highest BCUT2D eigenvalue weighted by atomic mass is 16.1. The molecule has 0 spiro atoms. The Hall–Kier alpha value is -2.17. The normalized spacial score (nSPS) is 15.7. The number of likely N-dealkylation sites (tertiary alicyclic amines) is 1.